The lowest BCUT2D eigenvalue weighted by molar-refractivity contribution is 0.281. The molecule has 21 heavy (non-hydrogen) atoms. The summed E-state index contributed by atoms with van der Waals surface area (Å²) in [6, 6.07) is 15.0. The first-order valence-electron chi connectivity index (χ1n) is 7.15. The molecule has 3 heteroatoms. The topological polar surface area (TPSA) is 14.2 Å². The van der Waals surface area contributed by atoms with Gasteiger partial charge < -0.3 is 9.30 Å². The van der Waals surface area contributed by atoms with Crippen molar-refractivity contribution < 1.29 is 9.13 Å². The highest BCUT2D eigenvalue weighted by Crippen LogP contribution is 2.23. The van der Waals surface area contributed by atoms with Gasteiger partial charge in [0.2, 0.25) is 0 Å². The maximum absolute atomic E-state index is 13.6. The number of hydrogen-bond donors (Lipinski definition) is 0. The van der Waals surface area contributed by atoms with Crippen LogP contribution in [-0.2, 0) is 13.2 Å². The van der Waals surface area contributed by atoms with Crippen LogP contribution in [0.15, 0.2) is 48.5 Å². The van der Waals surface area contributed by atoms with Crippen molar-refractivity contribution in [2.24, 2.45) is 0 Å². The third-order valence-corrected chi connectivity index (χ3v) is 3.67. The molecule has 1 aromatic heterocycles. The van der Waals surface area contributed by atoms with Crippen LogP contribution in [0.4, 0.5) is 4.39 Å². The minimum absolute atomic E-state index is 0.293. The standard InChI is InChI=1S/C18H18FNO/c1-3-20-15(11-14-9-8-13(2)10-17(14)20)12-21-18-7-5-4-6-16(18)19/h4-11H,3,12H2,1-2H3. The van der Waals surface area contributed by atoms with Gasteiger partial charge in [-0.3, -0.25) is 0 Å². The Morgan fingerprint density at radius 2 is 1.90 bits per heavy atom. The van der Waals surface area contributed by atoms with E-state index >= 15 is 0 Å². The number of benzene rings is 2. The number of halogens is 1. The van der Waals surface area contributed by atoms with Crippen molar-refractivity contribution in [1.82, 2.24) is 4.57 Å². The second-order valence-electron chi connectivity index (χ2n) is 5.16. The zero-order chi connectivity index (χ0) is 14.8. The van der Waals surface area contributed by atoms with Gasteiger partial charge in [0.15, 0.2) is 11.6 Å². The fourth-order valence-corrected chi connectivity index (χ4v) is 2.63. The lowest BCUT2D eigenvalue weighted by Gasteiger charge is -2.10. The van der Waals surface area contributed by atoms with Crippen molar-refractivity contribution in [3.63, 3.8) is 0 Å². The summed E-state index contributed by atoms with van der Waals surface area (Å²) in [6.07, 6.45) is 0. The molecule has 108 valence electrons. The van der Waals surface area contributed by atoms with Crippen LogP contribution in [0, 0.1) is 12.7 Å². The van der Waals surface area contributed by atoms with Gasteiger partial charge in [-0.15, -0.1) is 0 Å². The highest BCUT2D eigenvalue weighted by Gasteiger charge is 2.09. The molecule has 0 saturated heterocycles. The van der Waals surface area contributed by atoms with Crippen molar-refractivity contribution >= 4 is 10.9 Å². The van der Waals surface area contributed by atoms with Crippen LogP contribution in [0.5, 0.6) is 5.75 Å². The number of para-hydroxylation sites is 1. The van der Waals surface area contributed by atoms with Gasteiger partial charge in [0.1, 0.15) is 6.61 Å². The predicted molar refractivity (Wildman–Crippen MR) is 83.1 cm³/mol. The van der Waals surface area contributed by atoms with E-state index in [0.717, 1.165) is 12.2 Å². The molecule has 0 radical (unpaired) electrons. The van der Waals surface area contributed by atoms with Crippen LogP contribution in [0.25, 0.3) is 10.9 Å². The molecule has 3 aromatic rings. The third kappa shape index (κ3) is 2.64. The van der Waals surface area contributed by atoms with Gasteiger partial charge in [0.05, 0.1) is 5.69 Å². The minimum atomic E-state index is -0.326. The van der Waals surface area contributed by atoms with E-state index in [1.165, 1.54) is 22.5 Å². The highest BCUT2D eigenvalue weighted by atomic mass is 19.1. The lowest BCUT2D eigenvalue weighted by atomic mass is 10.2. The molecule has 0 N–H and O–H groups in total. The summed E-state index contributed by atoms with van der Waals surface area (Å²) in [4.78, 5) is 0. The summed E-state index contributed by atoms with van der Waals surface area (Å²) in [5.41, 5.74) is 3.49. The largest absolute Gasteiger partial charge is 0.484 e. The summed E-state index contributed by atoms with van der Waals surface area (Å²) in [5, 5.41) is 1.19. The average molecular weight is 283 g/mol. The Kier molecular flexibility index (Phi) is 3.65. The van der Waals surface area contributed by atoms with E-state index in [1.54, 1.807) is 18.2 Å². The van der Waals surface area contributed by atoms with Crippen LogP contribution < -0.4 is 4.74 Å². The van der Waals surface area contributed by atoms with Gasteiger partial charge in [0.25, 0.3) is 0 Å². The second-order valence-corrected chi connectivity index (χ2v) is 5.16. The van der Waals surface area contributed by atoms with Gasteiger partial charge >= 0.3 is 0 Å². The monoisotopic (exact) mass is 283 g/mol. The molecule has 0 unspecified atom stereocenters. The zero-order valence-electron chi connectivity index (χ0n) is 12.3. The van der Waals surface area contributed by atoms with E-state index in [4.69, 9.17) is 4.74 Å². The fourth-order valence-electron chi connectivity index (χ4n) is 2.63. The summed E-state index contributed by atoms with van der Waals surface area (Å²) >= 11 is 0. The molecule has 0 atom stereocenters. The Morgan fingerprint density at radius 1 is 1.10 bits per heavy atom. The molecule has 0 bridgehead atoms. The number of aromatic nitrogens is 1. The summed E-state index contributed by atoms with van der Waals surface area (Å²) in [5.74, 6) is -0.0332. The molecule has 0 spiro atoms. The highest BCUT2D eigenvalue weighted by molar-refractivity contribution is 5.82. The van der Waals surface area contributed by atoms with E-state index in [9.17, 15) is 4.39 Å². The van der Waals surface area contributed by atoms with Crippen LogP contribution in [-0.4, -0.2) is 4.57 Å². The third-order valence-electron chi connectivity index (χ3n) is 3.67. The van der Waals surface area contributed by atoms with Crippen molar-refractivity contribution in [2.45, 2.75) is 27.0 Å². The molecule has 0 fully saturated rings. The average Bonchev–Trinajstić information content (AvgIpc) is 2.83. The van der Waals surface area contributed by atoms with Crippen LogP contribution >= 0.6 is 0 Å². The van der Waals surface area contributed by atoms with Crippen molar-refractivity contribution in [2.75, 3.05) is 0 Å². The summed E-state index contributed by atoms with van der Waals surface area (Å²) in [7, 11) is 0. The van der Waals surface area contributed by atoms with E-state index < -0.39 is 0 Å². The molecule has 0 amide bonds. The van der Waals surface area contributed by atoms with Crippen LogP contribution in [0.1, 0.15) is 18.2 Å². The van der Waals surface area contributed by atoms with E-state index in [0.29, 0.717) is 12.4 Å². The zero-order valence-corrected chi connectivity index (χ0v) is 12.3. The fraction of sp³-hybridized carbons (Fsp3) is 0.222. The van der Waals surface area contributed by atoms with Crippen LogP contribution in [0.3, 0.4) is 0 Å². The van der Waals surface area contributed by atoms with Gasteiger partial charge in [-0.2, -0.15) is 0 Å². The molecule has 0 aliphatic carbocycles. The molecule has 2 aromatic carbocycles. The summed E-state index contributed by atoms with van der Waals surface area (Å²) < 4.78 is 21.4. The normalized spacial score (nSPS) is 11.0. The number of hydrogen-bond acceptors (Lipinski definition) is 1. The molecule has 2 nitrogen and oxygen atoms in total. The molecule has 3 rings (SSSR count). The van der Waals surface area contributed by atoms with Gasteiger partial charge in [-0.25, -0.2) is 4.39 Å². The number of aryl methyl sites for hydroxylation is 2. The Labute approximate surface area is 123 Å². The van der Waals surface area contributed by atoms with E-state index in [1.807, 2.05) is 0 Å². The van der Waals surface area contributed by atoms with Crippen molar-refractivity contribution in [3.05, 3.63) is 65.6 Å². The Morgan fingerprint density at radius 3 is 2.67 bits per heavy atom. The summed E-state index contributed by atoms with van der Waals surface area (Å²) in [6.45, 7) is 5.42. The molecule has 0 aliphatic rings. The molecule has 0 saturated carbocycles. The number of rotatable bonds is 4. The van der Waals surface area contributed by atoms with E-state index in [-0.39, 0.29) is 5.82 Å². The smallest absolute Gasteiger partial charge is 0.165 e. The Hall–Kier alpha value is -2.29. The first-order valence-corrected chi connectivity index (χ1v) is 7.15. The second kappa shape index (κ2) is 5.60. The molecule has 0 aliphatic heterocycles. The first kappa shape index (κ1) is 13.7. The Balaban J connectivity index is 1.92. The molecular weight excluding hydrogens is 265 g/mol. The van der Waals surface area contributed by atoms with Gasteiger partial charge in [-0.05, 0) is 43.7 Å². The number of fused-ring (bicyclic) bond motifs is 1. The molecule has 1 heterocycles. The lowest BCUT2D eigenvalue weighted by Crippen LogP contribution is -2.05. The van der Waals surface area contributed by atoms with Gasteiger partial charge in [-0.1, -0.05) is 24.3 Å². The van der Waals surface area contributed by atoms with E-state index in [2.05, 4.69) is 42.7 Å². The maximum Gasteiger partial charge on any atom is 0.165 e. The minimum Gasteiger partial charge on any atom is -0.484 e. The number of ether oxygens (including phenoxy) is 1. The maximum atomic E-state index is 13.6. The SMILES string of the molecule is CCn1c(COc2ccccc2F)cc2ccc(C)cc21. The number of nitrogens with zero attached hydrogens (tertiary/aromatic N) is 1. The molecular formula is C18H18FNO. The quantitative estimate of drug-likeness (QED) is 0.677. The van der Waals surface area contributed by atoms with Crippen LogP contribution in [0.2, 0.25) is 0 Å². The predicted octanol–water partition coefficient (Wildman–Crippen LogP) is 4.69. The first-order chi connectivity index (χ1) is 10.2. The van der Waals surface area contributed by atoms with Crippen molar-refractivity contribution in [1.29, 1.82) is 0 Å². The van der Waals surface area contributed by atoms with Crippen molar-refractivity contribution in [3.8, 4) is 5.75 Å². The Bertz CT molecular complexity index is 776. The van der Waals surface area contributed by atoms with Gasteiger partial charge in [0, 0.05) is 17.4 Å².